The summed E-state index contributed by atoms with van der Waals surface area (Å²) in [4.78, 5) is 15.9. The van der Waals surface area contributed by atoms with Crippen LogP contribution in [0.4, 0.5) is 17.5 Å². The number of anilines is 3. The molecule has 150 valence electrons. The van der Waals surface area contributed by atoms with Crippen molar-refractivity contribution in [2.24, 2.45) is 11.1 Å². The largest absolute Gasteiger partial charge is 0.384 e. The molecule has 1 aliphatic heterocycles. The Hall–Kier alpha value is -1.48. The highest BCUT2D eigenvalue weighted by Gasteiger charge is 2.43. The molecule has 1 atom stereocenters. The van der Waals surface area contributed by atoms with Crippen LogP contribution in [0.25, 0.3) is 0 Å². The molecule has 2 fully saturated rings. The molecule has 10 heteroatoms. The van der Waals surface area contributed by atoms with Crippen LogP contribution >= 0.6 is 35.0 Å². The maximum atomic E-state index is 6.38. The number of aromatic nitrogens is 3. The van der Waals surface area contributed by atoms with Crippen molar-refractivity contribution in [3.8, 4) is 0 Å². The fourth-order valence-corrected chi connectivity index (χ4v) is 5.55. The normalized spacial score (nSPS) is 21.4. The van der Waals surface area contributed by atoms with E-state index in [1.165, 1.54) is 24.6 Å². The van der Waals surface area contributed by atoms with Crippen molar-refractivity contribution in [1.82, 2.24) is 15.0 Å². The Bertz CT molecular complexity index is 886. The van der Waals surface area contributed by atoms with E-state index in [0.717, 1.165) is 38.2 Å². The van der Waals surface area contributed by atoms with Crippen molar-refractivity contribution in [2.45, 2.75) is 48.1 Å². The standard InChI is InChI=1S/C18H23Cl2N7S/c19-14-10(8-12(22)25-15(14)20)28-17-16(23)26-13(9-24-17)27-6-4-18(5-7-27)3-1-2-11(18)21/h8-9,11H,1-7,21H2,(H2,22,25)(H2,23,26). The number of nitrogens with two attached hydrogens (primary N) is 3. The summed E-state index contributed by atoms with van der Waals surface area (Å²) in [6.07, 6.45) is 7.57. The Morgan fingerprint density at radius 2 is 1.89 bits per heavy atom. The molecule has 1 spiro atoms. The summed E-state index contributed by atoms with van der Waals surface area (Å²) in [5, 5.41) is 1.03. The predicted octanol–water partition coefficient (Wildman–Crippen LogP) is 3.59. The second kappa shape index (κ2) is 7.74. The van der Waals surface area contributed by atoms with Gasteiger partial charge >= 0.3 is 0 Å². The Morgan fingerprint density at radius 3 is 2.54 bits per heavy atom. The van der Waals surface area contributed by atoms with E-state index in [1.54, 1.807) is 12.3 Å². The summed E-state index contributed by atoms with van der Waals surface area (Å²) in [5.41, 5.74) is 18.6. The first-order chi connectivity index (χ1) is 13.4. The summed E-state index contributed by atoms with van der Waals surface area (Å²) >= 11 is 13.5. The molecule has 2 aromatic heterocycles. The van der Waals surface area contributed by atoms with E-state index in [0.29, 0.717) is 32.2 Å². The first-order valence-corrected chi connectivity index (χ1v) is 10.9. The van der Waals surface area contributed by atoms with Crippen molar-refractivity contribution in [3.63, 3.8) is 0 Å². The van der Waals surface area contributed by atoms with E-state index in [9.17, 15) is 0 Å². The number of hydrogen-bond donors (Lipinski definition) is 3. The molecule has 0 amide bonds. The van der Waals surface area contributed by atoms with Gasteiger partial charge in [-0.05, 0) is 37.2 Å². The highest BCUT2D eigenvalue weighted by atomic mass is 35.5. The molecular weight excluding hydrogens is 417 g/mol. The fourth-order valence-electron chi connectivity index (χ4n) is 4.25. The molecule has 2 aliphatic rings. The molecule has 2 aromatic rings. The maximum absolute atomic E-state index is 6.38. The molecule has 1 saturated heterocycles. The number of piperidine rings is 1. The number of halogens is 2. The summed E-state index contributed by atoms with van der Waals surface area (Å²) < 4.78 is 0. The molecule has 1 unspecified atom stereocenters. The summed E-state index contributed by atoms with van der Waals surface area (Å²) in [7, 11) is 0. The third-order valence-corrected chi connectivity index (χ3v) is 7.84. The van der Waals surface area contributed by atoms with Crippen LogP contribution in [0.3, 0.4) is 0 Å². The summed E-state index contributed by atoms with van der Waals surface area (Å²) in [6.45, 7) is 1.85. The van der Waals surface area contributed by atoms with Crippen LogP contribution in [0.15, 0.2) is 22.2 Å². The van der Waals surface area contributed by atoms with Gasteiger partial charge in [0.05, 0.1) is 11.2 Å². The first kappa shape index (κ1) is 19.8. The Balaban J connectivity index is 1.48. The molecule has 6 N–H and O–H groups in total. The van der Waals surface area contributed by atoms with E-state index in [1.807, 2.05) is 0 Å². The molecule has 0 aromatic carbocycles. The van der Waals surface area contributed by atoms with Crippen LogP contribution in [0, 0.1) is 5.41 Å². The van der Waals surface area contributed by atoms with Crippen molar-refractivity contribution in [2.75, 3.05) is 29.5 Å². The lowest BCUT2D eigenvalue weighted by Crippen LogP contribution is -2.47. The average molecular weight is 440 g/mol. The SMILES string of the molecule is Nc1cc(Sc2ncc(N3CCC4(CCCC4N)CC3)nc2N)c(Cl)c(Cl)n1. The van der Waals surface area contributed by atoms with Crippen LogP contribution in [-0.4, -0.2) is 34.1 Å². The van der Waals surface area contributed by atoms with Gasteiger partial charge in [0, 0.05) is 24.0 Å². The molecule has 1 aliphatic carbocycles. The first-order valence-electron chi connectivity index (χ1n) is 9.30. The van der Waals surface area contributed by atoms with Crippen LogP contribution in [0.1, 0.15) is 32.1 Å². The van der Waals surface area contributed by atoms with Gasteiger partial charge in [-0.2, -0.15) is 0 Å². The lowest BCUT2D eigenvalue weighted by molar-refractivity contribution is 0.197. The van der Waals surface area contributed by atoms with Gasteiger partial charge in [0.25, 0.3) is 0 Å². The third-order valence-electron chi connectivity index (χ3n) is 5.92. The Labute approximate surface area is 178 Å². The monoisotopic (exact) mass is 439 g/mol. The number of nitrogens with zero attached hydrogens (tertiary/aromatic N) is 4. The predicted molar refractivity (Wildman–Crippen MR) is 115 cm³/mol. The second-order valence-corrected chi connectivity index (χ2v) is 9.29. The molecule has 0 radical (unpaired) electrons. The Kier molecular flexibility index (Phi) is 5.48. The lowest BCUT2D eigenvalue weighted by atomic mass is 9.74. The molecule has 0 bridgehead atoms. The van der Waals surface area contributed by atoms with E-state index in [-0.39, 0.29) is 11.0 Å². The van der Waals surface area contributed by atoms with Crippen molar-refractivity contribution >= 4 is 52.4 Å². The van der Waals surface area contributed by atoms with E-state index >= 15 is 0 Å². The fraction of sp³-hybridized carbons (Fsp3) is 0.500. The van der Waals surface area contributed by atoms with Gasteiger partial charge < -0.3 is 22.1 Å². The van der Waals surface area contributed by atoms with Crippen molar-refractivity contribution < 1.29 is 0 Å². The van der Waals surface area contributed by atoms with Crippen LogP contribution in [-0.2, 0) is 0 Å². The molecule has 1 saturated carbocycles. The summed E-state index contributed by atoms with van der Waals surface area (Å²) in [5.74, 6) is 1.43. The third kappa shape index (κ3) is 3.70. The number of rotatable bonds is 3. The van der Waals surface area contributed by atoms with Gasteiger partial charge in [-0.25, -0.2) is 15.0 Å². The minimum absolute atomic E-state index is 0.152. The highest BCUT2D eigenvalue weighted by molar-refractivity contribution is 7.99. The van der Waals surface area contributed by atoms with Gasteiger partial charge in [-0.3, -0.25) is 0 Å². The number of nitrogen functional groups attached to an aromatic ring is 2. The quantitative estimate of drug-likeness (QED) is 0.620. The zero-order valence-corrected chi connectivity index (χ0v) is 17.7. The molecule has 28 heavy (non-hydrogen) atoms. The van der Waals surface area contributed by atoms with Gasteiger partial charge in [-0.15, -0.1) is 0 Å². The van der Waals surface area contributed by atoms with Crippen LogP contribution in [0.2, 0.25) is 10.2 Å². The minimum Gasteiger partial charge on any atom is -0.384 e. The van der Waals surface area contributed by atoms with Crippen LogP contribution < -0.4 is 22.1 Å². The van der Waals surface area contributed by atoms with Gasteiger partial charge in [0.15, 0.2) is 11.0 Å². The van der Waals surface area contributed by atoms with Gasteiger partial charge in [-0.1, -0.05) is 41.4 Å². The van der Waals surface area contributed by atoms with Crippen molar-refractivity contribution in [1.29, 1.82) is 0 Å². The van der Waals surface area contributed by atoms with E-state index < -0.39 is 0 Å². The smallest absolute Gasteiger partial charge is 0.158 e. The van der Waals surface area contributed by atoms with Crippen molar-refractivity contribution in [3.05, 3.63) is 22.4 Å². The van der Waals surface area contributed by atoms with Crippen LogP contribution in [0.5, 0.6) is 0 Å². The summed E-state index contributed by atoms with van der Waals surface area (Å²) in [6, 6.07) is 1.97. The Morgan fingerprint density at radius 1 is 1.14 bits per heavy atom. The minimum atomic E-state index is 0.152. The molecule has 7 nitrogen and oxygen atoms in total. The zero-order valence-electron chi connectivity index (χ0n) is 15.4. The average Bonchev–Trinajstić information content (AvgIpc) is 3.01. The molecule has 4 rings (SSSR count). The number of pyridine rings is 1. The topological polar surface area (TPSA) is 120 Å². The van der Waals surface area contributed by atoms with E-state index in [2.05, 4.69) is 19.9 Å². The molecule has 3 heterocycles. The number of hydrogen-bond acceptors (Lipinski definition) is 8. The molecular formula is C18H23Cl2N7S. The lowest BCUT2D eigenvalue weighted by Gasteiger charge is -2.42. The van der Waals surface area contributed by atoms with E-state index in [4.69, 9.17) is 40.4 Å². The zero-order chi connectivity index (χ0) is 19.9. The second-order valence-electron chi connectivity index (χ2n) is 7.52. The van der Waals surface area contributed by atoms with Gasteiger partial charge in [0.2, 0.25) is 0 Å². The maximum Gasteiger partial charge on any atom is 0.158 e. The van der Waals surface area contributed by atoms with Gasteiger partial charge in [0.1, 0.15) is 16.7 Å². The highest BCUT2D eigenvalue weighted by Crippen LogP contribution is 2.46.